The summed E-state index contributed by atoms with van der Waals surface area (Å²) < 4.78 is 5.21. The minimum atomic E-state index is 0.748. The molecule has 1 N–H and O–H groups in total. The fraction of sp³-hybridized carbons (Fsp3) is 0.500. The van der Waals surface area contributed by atoms with Gasteiger partial charge < -0.3 is 10.1 Å². The van der Waals surface area contributed by atoms with Crippen molar-refractivity contribution < 1.29 is 4.74 Å². The van der Waals surface area contributed by atoms with E-state index in [0.29, 0.717) is 0 Å². The fourth-order valence-electron chi connectivity index (χ4n) is 2.02. The quantitative estimate of drug-likeness (QED) is 0.786. The van der Waals surface area contributed by atoms with Gasteiger partial charge in [-0.3, -0.25) is 0 Å². The molecule has 1 aromatic carbocycles. The summed E-state index contributed by atoms with van der Waals surface area (Å²) in [7, 11) is 3.73. The lowest BCUT2D eigenvalue weighted by Crippen LogP contribution is -2.10. The maximum absolute atomic E-state index is 5.21. The number of rotatable bonds is 4. The molecular formula is C12H17NO. The van der Waals surface area contributed by atoms with Crippen LogP contribution in [-0.4, -0.2) is 20.7 Å². The van der Waals surface area contributed by atoms with Crippen LogP contribution in [0.5, 0.6) is 5.75 Å². The summed E-state index contributed by atoms with van der Waals surface area (Å²) in [6, 6.07) is 8.42. The smallest absolute Gasteiger partial charge is 0.119 e. The Labute approximate surface area is 85.3 Å². The van der Waals surface area contributed by atoms with E-state index in [1.165, 1.54) is 12.0 Å². The van der Waals surface area contributed by atoms with Crippen molar-refractivity contribution in [2.45, 2.75) is 12.3 Å². The summed E-state index contributed by atoms with van der Waals surface area (Å²) in [5.41, 5.74) is 1.42. The largest absolute Gasteiger partial charge is 0.497 e. The summed E-state index contributed by atoms with van der Waals surface area (Å²) in [6.07, 6.45) is 1.31. The second-order valence-electron chi connectivity index (χ2n) is 3.94. The van der Waals surface area contributed by atoms with E-state index in [9.17, 15) is 0 Å². The van der Waals surface area contributed by atoms with Gasteiger partial charge >= 0.3 is 0 Å². The molecule has 1 fully saturated rings. The van der Waals surface area contributed by atoms with E-state index < -0.39 is 0 Å². The molecule has 76 valence electrons. The Morgan fingerprint density at radius 1 is 1.50 bits per heavy atom. The van der Waals surface area contributed by atoms with Crippen molar-refractivity contribution >= 4 is 0 Å². The summed E-state index contributed by atoms with van der Waals surface area (Å²) >= 11 is 0. The van der Waals surface area contributed by atoms with Gasteiger partial charge in [0.2, 0.25) is 0 Å². The molecule has 1 aliphatic rings. The van der Waals surface area contributed by atoms with Crippen LogP contribution < -0.4 is 10.1 Å². The molecule has 2 heteroatoms. The van der Waals surface area contributed by atoms with Gasteiger partial charge in [0, 0.05) is 0 Å². The van der Waals surface area contributed by atoms with Crippen LogP contribution in [0.4, 0.5) is 0 Å². The molecule has 1 aliphatic carbocycles. The Morgan fingerprint density at radius 2 is 2.36 bits per heavy atom. The number of hydrogen-bond acceptors (Lipinski definition) is 2. The van der Waals surface area contributed by atoms with E-state index in [-0.39, 0.29) is 0 Å². The molecule has 2 rings (SSSR count). The van der Waals surface area contributed by atoms with Crippen LogP contribution in [0.2, 0.25) is 0 Å². The Balaban J connectivity index is 2.03. The standard InChI is InChI=1S/C12H17NO/c1-13-8-10-7-12(10)9-4-3-5-11(6-9)14-2/h3-6,10,12-13H,7-8H2,1-2H3/t10-,12+/m0/s1. The van der Waals surface area contributed by atoms with Gasteiger partial charge in [-0.05, 0) is 49.5 Å². The molecule has 2 nitrogen and oxygen atoms in total. The lowest BCUT2D eigenvalue weighted by molar-refractivity contribution is 0.414. The van der Waals surface area contributed by atoms with Crippen molar-refractivity contribution in [2.75, 3.05) is 20.7 Å². The highest BCUT2D eigenvalue weighted by atomic mass is 16.5. The van der Waals surface area contributed by atoms with Crippen molar-refractivity contribution in [1.29, 1.82) is 0 Å². The minimum Gasteiger partial charge on any atom is -0.497 e. The van der Waals surface area contributed by atoms with Gasteiger partial charge in [0.15, 0.2) is 0 Å². The van der Waals surface area contributed by atoms with Crippen LogP contribution in [0.3, 0.4) is 0 Å². The molecule has 0 spiro atoms. The topological polar surface area (TPSA) is 21.3 Å². The third kappa shape index (κ3) is 1.90. The number of ether oxygens (including phenoxy) is 1. The zero-order valence-electron chi connectivity index (χ0n) is 8.79. The van der Waals surface area contributed by atoms with E-state index in [2.05, 4.69) is 23.5 Å². The summed E-state index contributed by atoms with van der Waals surface area (Å²) in [5.74, 6) is 2.54. The van der Waals surface area contributed by atoms with Crippen LogP contribution in [0, 0.1) is 5.92 Å². The lowest BCUT2D eigenvalue weighted by atomic mass is 10.1. The maximum Gasteiger partial charge on any atom is 0.119 e. The van der Waals surface area contributed by atoms with E-state index in [1.807, 2.05) is 13.1 Å². The molecule has 14 heavy (non-hydrogen) atoms. The maximum atomic E-state index is 5.21. The molecule has 2 atom stereocenters. The van der Waals surface area contributed by atoms with E-state index >= 15 is 0 Å². The van der Waals surface area contributed by atoms with Gasteiger partial charge in [-0.25, -0.2) is 0 Å². The first-order valence-corrected chi connectivity index (χ1v) is 5.13. The average Bonchev–Trinajstić information content (AvgIpc) is 2.98. The first-order valence-electron chi connectivity index (χ1n) is 5.13. The zero-order chi connectivity index (χ0) is 9.97. The Hall–Kier alpha value is -1.02. The van der Waals surface area contributed by atoms with Crippen LogP contribution in [0.1, 0.15) is 17.9 Å². The number of hydrogen-bond donors (Lipinski definition) is 1. The molecule has 1 aromatic rings. The molecule has 0 aromatic heterocycles. The zero-order valence-corrected chi connectivity index (χ0v) is 8.79. The number of methoxy groups -OCH3 is 1. The summed E-state index contributed by atoms with van der Waals surface area (Å²) in [5, 5.41) is 3.23. The number of nitrogens with one attached hydrogen (secondary N) is 1. The highest BCUT2D eigenvalue weighted by Gasteiger charge is 2.37. The van der Waals surface area contributed by atoms with Gasteiger partial charge in [-0.2, -0.15) is 0 Å². The Kier molecular flexibility index (Phi) is 2.73. The van der Waals surface area contributed by atoms with Crippen molar-refractivity contribution in [3.05, 3.63) is 29.8 Å². The minimum absolute atomic E-state index is 0.748. The summed E-state index contributed by atoms with van der Waals surface area (Å²) in [4.78, 5) is 0. The third-order valence-corrected chi connectivity index (χ3v) is 2.91. The highest BCUT2D eigenvalue weighted by Crippen LogP contribution is 2.47. The predicted molar refractivity (Wildman–Crippen MR) is 57.8 cm³/mol. The fourth-order valence-corrected chi connectivity index (χ4v) is 2.02. The Bertz CT molecular complexity index is 311. The normalized spacial score (nSPS) is 24.7. The van der Waals surface area contributed by atoms with E-state index in [0.717, 1.165) is 24.1 Å². The van der Waals surface area contributed by atoms with E-state index in [4.69, 9.17) is 4.74 Å². The molecule has 0 amide bonds. The molecule has 0 aliphatic heterocycles. The number of benzene rings is 1. The summed E-state index contributed by atoms with van der Waals surface area (Å²) in [6.45, 7) is 1.13. The van der Waals surface area contributed by atoms with Crippen molar-refractivity contribution in [3.8, 4) is 5.75 Å². The Morgan fingerprint density at radius 3 is 3.07 bits per heavy atom. The molecular weight excluding hydrogens is 174 g/mol. The van der Waals surface area contributed by atoms with Gasteiger partial charge in [0.05, 0.1) is 7.11 Å². The SMILES string of the molecule is CNC[C@@H]1C[C@@H]1c1cccc(OC)c1. The monoisotopic (exact) mass is 191 g/mol. The second kappa shape index (κ2) is 4.01. The third-order valence-electron chi connectivity index (χ3n) is 2.91. The molecule has 0 saturated heterocycles. The van der Waals surface area contributed by atoms with E-state index in [1.54, 1.807) is 7.11 Å². The lowest BCUT2D eigenvalue weighted by Gasteiger charge is -2.03. The second-order valence-corrected chi connectivity index (χ2v) is 3.94. The van der Waals surface area contributed by atoms with Gasteiger partial charge in [0.1, 0.15) is 5.75 Å². The highest BCUT2D eigenvalue weighted by molar-refractivity contribution is 5.34. The van der Waals surface area contributed by atoms with Gasteiger partial charge in [-0.1, -0.05) is 12.1 Å². The van der Waals surface area contributed by atoms with Crippen molar-refractivity contribution in [1.82, 2.24) is 5.32 Å². The molecule has 0 radical (unpaired) electrons. The van der Waals surface area contributed by atoms with Crippen LogP contribution in [0.25, 0.3) is 0 Å². The average molecular weight is 191 g/mol. The van der Waals surface area contributed by atoms with Gasteiger partial charge in [-0.15, -0.1) is 0 Å². The predicted octanol–water partition coefficient (Wildman–Crippen LogP) is 2.02. The molecule has 0 bridgehead atoms. The first kappa shape index (κ1) is 9.53. The first-order chi connectivity index (χ1) is 6.85. The molecule has 0 heterocycles. The van der Waals surface area contributed by atoms with Gasteiger partial charge in [0.25, 0.3) is 0 Å². The van der Waals surface area contributed by atoms with Crippen LogP contribution in [0.15, 0.2) is 24.3 Å². The van der Waals surface area contributed by atoms with Crippen LogP contribution in [-0.2, 0) is 0 Å². The van der Waals surface area contributed by atoms with Crippen molar-refractivity contribution in [2.24, 2.45) is 5.92 Å². The van der Waals surface area contributed by atoms with Crippen molar-refractivity contribution in [3.63, 3.8) is 0 Å². The molecule has 0 unspecified atom stereocenters. The van der Waals surface area contributed by atoms with Crippen LogP contribution >= 0.6 is 0 Å². The molecule has 1 saturated carbocycles.